The van der Waals surface area contributed by atoms with E-state index in [9.17, 15) is 9.18 Å². The standard InChI is InChI=1S/C14H14FNOS/c1-9-3-4-11(12(15)7-9)14(17)16-8-13-10(2)5-6-18-13/h3-7H,8H2,1-2H3,(H,16,17). The Bertz CT molecular complexity index is 577. The maximum absolute atomic E-state index is 13.6. The van der Waals surface area contributed by atoms with Crippen LogP contribution in [0.5, 0.6) is 0 Å². The highest BCUT2D eigenvalue weighted by atomic mass is 32.1. The second-order valence-corrected chi connectivity index (χ2v) is 5.19. The molecule has 0 spiro atoms. The molecule has 1 heterocycles. The smallest absolute Gasteiger partial charge is 0.254 e. The molecule has 1 aromatic carbocycles. The summed E-state index contributed by atoms with van der Waals surface area (Å²) in [5.74, 6) is -0.851. The SMILES string of the molecule is Cc1ccc(C(=O)NCc2sccc2C)c(F)c1. The van der Waals surface area contributed by atoms with E-state index in [0.29, 0.717) is 6.54 Å². The summed E-state index contributed by atoms with van der Waals surface area (Å²) in [5, 5.41) is 4.71. The van der Waals surface area contributed by atoms with Crippen molar-refractivity contribution in [2.24, 2.45) is 0 Å². The maximum Gasteiger partial charge on any atom is 0.254 e. The number of rotatable bonds is 3. The number of aryl methyl sites for hydroxylation is 2. The first-order valence-corrected chi connectivity index (χ1v) is 6.53. The minimum absolute atomic E-state index is 0.0924. The first-order valence-electron chi connectivity index (χ1n) is 5.65. The van der Waals surface area contributed by atoms with E-state index in [0.717, 1.165) is 16.0 Å². The first-order chi connectivity index (χ1) is 8.58. The summed E-state index contributed by atoms with van der Waals surface area (Å²) < 4.78 is 13.6. The maximum atomic E-state index is 13.6. The van der Waals surface area contributed by atoms with Crippen LogP contribution in [0.2, 0.25) is 0 Å². The van der Waals surface area contributed by atoms with Gasteiger partial charge in [-0.15, -0.1) is 11.3 Å². The van der Waals surface area contributed by atoms with Gasteiger partial charge < -0.3 is 5.32 Å². The predicted molar refractivity (Wildman–Crippen MR) is 71.4 cm³/mol. The summed E-state index contributed by atoms with van der Waals surface area (Å²) in [6.45, 7) is 4.22. The molecule has 0 radical (unpaired) electrons. The Hall–Kier alpha value is -1.68. The highest BCUT2D eigenvalue weighted by molar-refractivity contribution is 7.10. The molecule has 18 heavy (non-hydrogen) atoms. The van der Waals surface area contributed by atoms with Gasteiger partial charge in [-0.05, 0) is 48.6 Å². The Labute approximate surface area is 109 Å². The molecule has 0 aliphatic rings. The van der Waals surface area contributed by atoms with Gasteiger partial charge in [0.25, 0.3) is 5.91 Å². The van der Waals surface area contributed by atoms with Crippen molar-refractivity contribution in [1.29, 1.82) is 0 Å². The largest absolute Gasteiger partial charge is 0.347 e. The molecular formula is C14H14FNOS. The van der Waals surface area contributed by atoms with Crippen molar-refractivity contribution in [3.8, 4) is 0 Å². The van der Waals surface area contributed by atoms with Crippen molar-refractivity contribution in [2.45, 2.75) is 20.4 Å². The Morgan fingerprint density at radius 2 is 2.11 bits per heavy atom. The van der Waals surface area contributed by atoms with E-state index in [-0.39, 0.29) is 11.5 Å². The average molecular weight is 263 g/mol. The number of halogens is 1. The number of thiophene rings is 1. The van der Waals surface area contributed by atoms with Crippen LogP contribution in [-0.4, -0.2) is 5.91 Å². The molecule has 2 aromatic rings. The molecule has 0 atom stereocenters. The molecule has 1 aromatic heterocycles. The van der Waals surface area contributed by atoms with Crippen molar-refractivity contribution >= 4 is 17.2 Å². The van der Waals surface area contributed by atoms with Gasteiger partial charge in [-0.1, -0.05) is 6.07 Å². The van der Waals surface area contributed by atoms with Gasteiger partial charge in [0.1, 0.15) is 5.82 Å². The van der Waals surface area contributed by atoms with Crippen molar-refractivity contribution in [2.75, 3.05) is 0 Å². The third-order valence-electron chi connectivity index (χ3n) is 2.75. The first kappa shape index (κ1) is 12.8. The van der Waals surface area contributed by atoms with Gasteiger partial charge in [-0.25, -0.2) is 4.39 Å². The van der Waals surface area contributed by atoms with E-state index in [2.05, 4.69) is 5.32 Å². The van der Waals surface area contributed by atoms with Crippen molar-refractivity contribution < 1.29 is 9.18 Å². The zero-order chi connectivity index (χ0) is 13.1. The fourth-order valence-corrected chi connectivity index (χ4v) is 2.49. The Balaban J connectivity index is 2.06. The predicted octanol–water partition coefficient (Wildman–Crippen LogP) is 3.43. The van der Waals surface area contributed by atoms with Gasteiger partial charge in [0.2, 0.25) is 0 Å². The van der Waals surface area contributed by atoms with E-state index in [4.69, 9.17) is 0 Å². The zero-order valence-corrected chi connectivity index (χ0v) is 11.1. The van der Waals surface area contributed by atoms with Crippen LogP contribution >= 0.6 is 11.3 Å². The van der Waals surface area contributed by atoms with Crippen LogP contribution in [0, 0.1) is 19.7 Å². The van der Waals surface area contributed by atoms with E-state index >= 15 is 0 Å². The van der Waals surface area contributed by atoms with Crippen LogP contribution in [-0.2, 0) is 6.54 Å². The second kappa shape index (κ2) is 5.31. The summed E-state index contributed by atoms with van der Waals surface area (Å²) in [6, 6.07) is 6.61. The topological polar surface area (TPSA) is 29.1 Å². The summed E-state index contributed by atoms with van der Waals surface area (Å²) in [6.07, 6.45) is 0. The van der Waals surface area contributed by atoms with Gasteiger partial charge in [-0.2, -0.15) is 0 Å². The molecular weight excluding hydrogens is 249 g/mol. The summed E-state index contributed by atoms with van der Waals surface area (Å²) in [7, 11) is 0. The fourth-order valence-electron chi connectivity index (χ4n) is 1.65. The molecule has 0 aliphatic carbocycles. The molecule has 0 fully saturated rings. The van der Waals surface area contributed by atoms with Gasteiger partial charge in [0.15, 0.2) is 0 Å². The molecule has 0 aliphatic heterocycles. The lowest BCUT2D eigenvalue weighted by molar-refractivity contribution is 0.0947. The molecule has 2 nitrogen and oxygen atoms in total. The summed E-state index contributed by atoms with van der Waals surface area (Å²) in [4.78, 5) is 12.9. The molecule has 0 unspecified atom stereocenters. The Morgan fingerprint density at radius 1 is 1.33 bits per heavy atom. The van der Waals surface area contributed by atoms with E-state index < -0.39 is 5.82 Å². The van der Waals surface area contributed by atoms with Crippen molar-refractivity contribution in [3.63, 3.8) is 0 Å². The third-order valence-corrected chi connectivity index (χ3v) is 3.77. The summed E-state index contributed by atoms with van der Waals surface area (Å²) in [5.41, 5.74) is 2.04. The highest BCUT2D eigenvalue weighted by Gasteiger charge is 2.11. The third kappa shape index (κ3) is 2.76. The minimum atomic E-state index is -0.476. The van der Waals surface area contributed by atoms with Crippen molar-refractivity contribution in [1.82, 2.24) is 5.32 Å². The van der Waals surface area contributed by atoms with Crippen LogP contribution in [0.3, 0.4) is 0 Å². The van der Waals surface area contributed by atoms with E-state index in [1.54, 1.807) is 24.3 Å². The molecule has 4 heteroatoms. The van der Waals surface area contributed by atoms with E-state index in [1.165, 1.54) is 12.1 Å². The highest BCUT2D eigenvalue weighted by Crippen LogP contribution is 2.15. The van der Waals surface area contributed by atoms with Gasteiger partial charge in [0.05, 0.1) is 12.1 Å². The molecule has 1 amide bonds. The van der Waals surface area contributed by atoms with Crippen LogP contribution in [0.15, 0.2) is 29.6 Å². The van der Waals surface area contributed by atoms with Crippen LogP contribution in [0.1, 0.15) is 26.4 Å². The molecule has 0 saturated heterocycles. The van der Waals surface area contributed by atoms with Gasteiger partial charge >= 0.3 is 0 Å². The van der Waals surface area contributed by atoms with Gasteiger partial charge in [-0.3, -0.25) is 4.79 Å². The molecule has 0 bridgehead atoms. The molecule has 0 saturated carbocycles. The van der Waals surface area contributed by atoms with Crippen LogP contribution in [0.4, 0.5) is 4.39 Å². The Morgan fingerprint density at radius 3 is 2.72 bits per heavy atom. The fraction of sp³-hybridized carbons (Fsp3) is 0.214. The number of carbonyl (C=O) groups excluding carboxylic acids is 1. The quantitative estimate of drug-likeness (QED) is 0.903. The number of hydrogen-bond donors (Lipinski definition) is 1. The monoisotopic (exact) mass is 263 g/mol. The van der Waals surface area contributed by atoms with E-state index in [1.807, 2.05) is 18.4 Å². The lowest BCUT2D eigenvalue weighted by atomic mass is 10.1. The van der Waals surface area contributed by atoms with Crippen LogP contribution < -0.4 is 5.32 Å². The Kier molecular flexibility index (Phi) is 3.77. The zero-order valence-electron chi connectivity index (χ0n) is 10.3. The molecule has 94 valence electrons. The summed E-state index contributed by atoms with van der Waals surface area (Å²) >= 11 is 1.58. The number of hydrogen-bond acceptors (Lipinski definition) is 2. The van der Waals surface area contributed by atoms with Gasteiger partial charge in [0, 0.05) is 4.88 Å². The number of carbonyl (C=O) groups is 1. The number of amides is 1. The lowest BCUT2D eigenvalue weighted by Crippen LogP contribution is -2.23. The average Bonchev–Trinajstić information content (AvgIpc) is 2.72. The van der Waals surface area contributed by atoms with Crippen molar-refractivity contribution in [3.05, 3.63) is 57.0 Å². The normalized spacial score (nSPS) is 10.4. The number of benzene rings is 1. The minimum Gasteiger partial charge on any atom is -0.347 e. The molecule has 1 N–H and O–H groups in total. The lowest BCUT2D eigenvalue weighted by Gasteiger charge is -2.06. The molecule has 2 rings (SSSR count). The van der Waals surface area contributed by atoms with Crippen LogP contribution in [0.25, 0.3) is 0 Å². The number of nitrogens with one attached hydrogen (secondary N) is 1. The second-order valence-electron chi connectivity index (χ2n) is 4.19.